The molecule has 0 heterocycles. The summed E-state index contributed by atoms with van der Waals surface area (Å²) in [6, 6.07) is -0.707. The number of ether oxygens (including phenoxy) is 4. The minimum Gasteiger partial charge on any atom is -0.466 e. The number of unbranched alkanes of at least 4 members (excludes halogenated alkanes) is 2. The Morgan fingerprint density at radius 1 is 0.618 bits per heavy atom. The van der Waals surface area contributed by atoms with Gasteiger partial charge in [-0.15, -0.1) is 0 Å². The summed E-state index contributed by atoms with van der Waals surface area (Å²) in [7, 11) is 0. The molecule has 0 amide bonds. The van der Waals surface area contributed by atoms with Crippen molar-refractivity contribution in [1.82, 2.24) is 10.6 Å². The maximum absolute atomic E-state index is 12.1. The molecule has 0 spiro atoms. The van der Waals surface area contributed by atoms with E-state index >= 15 is 0 Å². The van der Waals surface area contributed by atoms with Crippen molar-refractivity contribution in [3.63, 3.8) is 0 Å². The number of rotatable bonds is 21. The lowest BCUT2D eigenvalue weighted by Crippen LogP contribution is -2.41. The van der Waals surface area contributed by atoms with Crippen molar-refractivity contribution in [1.29, 1.82) is 0 Å². The van der Waals surface area contributed by atoms with Crippen LogP contribution in [0.1, 0.15) is 72.6 Å². The Labute approximate surface area is 203 Å². The summed E-state index contributed by atoms with van der Waals surface area (Å²) in [5.41, 5.74) is 0. The first kappa shape index (κ1) is 31.8. The van der Waals surface area contributed by atoms with Gasteiger partial charge < -0.3 is 29.6 Å². The van der Waals surface area contributed by atoms with Crippen molar-refractivity contribution in [2.75, 3.05) is 46.1 Å². The Kier molecular flexibility index (Phi) is 20.0. The molecule has 0 bridgehead atoms. The van der Waals surface area contributed by atoms with Crippen LogP contribution < -0.4 is 10.6 Å². The van der Waals surface area contributed by atoms with Gasteiger partial charge in [0.25, 0.3) is 0 Å². The van der Waals surface area contributed by atoms with Crippen LogP contribution in [0.15, 0.2) is 0 Å². The monoisotopic (exact) mass is 488 g/mol. The van der Waals surface area contributed by atoms with Gasteiger partial charge in [-0.05, 0) is 66.6 Å². The highest BCUT2D eigenvalue weighted by Crippen LogP contribution is 2.16. The van der Waals surface area contributed by atoms with Gasteiger partial charge in [-0.1, -0.05) is 12.8 Å². The van der Waals surface area contributed by atoms with Crippen molar-refractivity contribution in [2.45, 2.75) is 78.7 Å². The third-order valence-corrected chi connectivity index (χ3v) is 4.91. The predicted octanol–water partition coefficient (Wildman–Crippen LogP) is 2.13. The molecular formula is C24H44N2O8. The van der Waals surface area contributed by atoms with E-state index in [9.17, 15) is 19.2 Å². The number of carbonyl (C=O) groups excluding carboxylic acids is 4. The highest BCUT2D eigenvalue weighted by molar-refractivity contribution is 5.82. The van der Waals surface area contributed by atoms with Crippen LogP contribution in [0.4, 0.5) is 0 Å². The van der Waals surface area contributed by atoms with E-state index in [1.54, 1.807) is 27.7 Å². The number of nitrogens with one attached hydrogen (secondary N) is 2. The highest BCUT2D eigenvalue weighted by Gasteiger charge is 2.24. The molecule has 0 aromatic heterocycles. The molecule has 0 aromatic carbocycles. The number of esters is 4. The Bertz CT molecular complexity index is 535. The Morgan fingerprint density at radius 3 is 1.79 bits per heavy atom. The lowest BCUT2D eigenvalue weighted by molar-refractivity contribution is -0.155. The summed E-state index contributed by atoms with van der Waals surface area (Å²) in [5.74, 6) is -2.06. The van der Waals surface area contributed by atoms with Crippen LogP contribution in [-0.2, 0) is 38.1 Å². The smallest absolute Gasteiger partial charge is 0.323 e. The van der Waals surface area contributed by atoms with Crippen LogP contribution in [0, 0.1) is 5.92 Å². The quantitative estimate of drug-likeness (QED) is 0.141. The molecule has 0 aliphatic carbocycles. The minimum atomic E-state index is -0.707. The molecule has 10 heteroatoms. The molecule has 0 fully saturated rings. The maximum Gasteiger partial charge on any atom is 0.323 e. The van der Waals surface area contributed by atoms with Gasteiger partial charge >= 0.3 is 23.9 Å². The molecule has 0 saturated carbocycles. The van der Waals surface area contributed by atoms with Crippen LogP contribution in [0.5, 0.6) is 0 Å². The zero-order chi connectivity index (χ0) is 25.6. The fourth-order valence-corrected chi connectivity index (χ4v) is 3.28. The Morgan fingerprint density at radius 2 is 1.18 bits per heavy atom. The van der Waals surface area contributed by atoms with Gasteiger partial charge in [0.2, 0.25) is 0 Å². The van der Waals surface area contributed by atoms with Gasteiger partial charge in [0.15, 0.2) is 0 Å². The van der Waals surface area contributed by atoms with E-state index in [-0.39, 0.29) is 38.0 Å². The minimum absolute atomic E-state index is 0.0525. The average Bonchev–Trinajstić information content (AvgIpc) is 2.79. The average molecular weight is 489 g/mol. The maximum atomic E-state index is 12.1. The number of carbonyl (C=O) groups is 4. The van der Waals surface area contributed by atoms with Gasteiger partial charge in [0.05, 0.1) is 45.2 Å². The third-order valence-electron chi connectivity index (χ3n) is 4.91. The van der Waals surface area contributed by atoms with E-state index in [2.05, 4.69) is 10.6 Å². The molecule has 34 heavy (non-hydrogen) atoms. The SMILES string of the molecule is CCOC(=O)CC(CCCCCNCCCNC(CC(=O)OCC)C(=O)OCC)C(=O)OCC. The van der Waals surface area contributed by atoms with Crippen molar-refractivity contribution in [2.24, 2.45) is 5.92 Å². The fraction of sp³-hybridized carbons (Fsp3) is 0.833. The van der Waals surface area contributed by atoms with Crippen LogP contribution >= 0.6 is 0 Å². The molecule has 2 atom stereocenters. The standard InChI is InChI=1S/C24H44N2O8/c1-5-31-21(27)17-19(23(29)33-7-3)13-10-9-11-14-25-15-12-16-26-20(24(30)34-8-4)18-22(28)32-6-2/h19-20,25-26H,5-18H2,1-4H3. The first-order chi connectivity index (χ1) is 16.4. The molecule has 2 unspecified atom stereocenters. The Hall–Kier alpha value is -2.20. The molecule has 10 nitrogen and oxygen atoms in total. The number of hydrogen-bond acceptors (Lipinski definition) is 10. The number of hydrogen-bond donors (Lipinski definition) is 2. The van der Waals surface area contributed by atoms with E-state index < -0.39 is 23.9 Å². The molecule has 0 saturated heterocycles. The lowest BCUT2D eigenvalue weighted by Gasteiger charge is -2.16. The second kappa shape index (κ2) is 21.3. The third kappa shape index (κ3) is 16.4. The van der Waals surface area contributed by atoms with E-state index in [1.807, 2.05) is 0 Å². The van der Waals surface area contributed by atoms with Gasteiger partial charge in [-0.2, -0.15) is 0 Å². The van der Waals surface area contributed by atoms with E-state index in [0.717, 1.165) is 38.8 Å². The molecular weight excluding hydrogens is 444 g/mol. The van der Waals surface area contributed by atoms with E-state index in [1.165, 1.54) is 0 Å². The second-order valence-electron chi connectivity index (χ2n) is 7.68. The second-order valence-corrected chi connectivity index (χ2v) is 7.68. The highest BCUT2D eigenvalue weighted by atomic mass is 16.5. The topological polar surface area (TPSA) is 129 Å². The lowest BCUT2D eigenvalue weighted by atomic mass is 9.98. The van der Waals surface area contributed by atoms with Crippen LogP contribution in [-0.4, -0.2) is 76.0 Å². The van der Waals surface area contributed by atoms with Crippen LogP contribution in [0.25, 0.3) is 0 Å². The molecule has 0 rings (SSSR count). The largest absolute Gasteiger partial charge is 0.466 e. The molecule has 0 aliphatic heterocycles. The van der Waals surface area contributed by atoms with Gasteiger partial charge in [0, 0.05) is 0 Å². The molecule has 0 radical (unpaired) electrons. The molecule has 198 valence electrons. The van der Waals surface area contributed by atoms with Crippen molar-refractivity contribution >= 4 is 23.9 Å². The normalized spacial score (nSPS) is 12.5. The zero-order valence-corrected chi connectivity index (χ0v) is 21.3. The summed E-state index contributed by atoms with van der Waals surface area (Å²) in [4.78, 5) is 47.5. The summed E-state index contributed by atoms with van der Waals surface area (Å²) in [6.07, 6.45) is 4.07. The first-order valence-corrected chi connectivity index (χ1v) is 12.5. The fourth-order valence-electron chi connectivity index (χ4n) is 3.28. The molecule has 2 N–H and O–H groups in total. The first-order valence-electron chi connectivity index (χ1n) is 12.5. The van der Waals surface area contributed by atoms with Gasteiger partial charge in [0.1, 0.15) is 6.04 Å². The van der Waals surface area contributed by atoms with Crippen molar-refractivity contribution < 1.29 is 38.1 Å². The molecule has 0 aromatic rings. The molecule has 0 aliphatic rings. The van der Waals surface area contributed by atoms with Crippen LogP contribution in [0.2, 0.25) is 0 Å². The summed E-state index contributed by atoms with van der Waals surface area (Å²) in [6.45, 7) is 10.2. The van der Waals surface area contributed by atoms with Gasteiger partial charge in [-0.3, -0.25) is 19.2 Å². The van der Waals surface area contributed by atoms with E-state index in [0.29, 0.717) is 26.2 Å². The van der Waals surface area contributed by atoms with Crippen LogP contribution in [0.3, 0.4) is 0 Å². The van der Waals surface area contributed by atoms with Gasteiger partial charge in [-0.25, -0.2) is 0 Å². The zero-order valence-electron chi connectivity index (χ0n) is 21.3. The summed E-state index contributed by atoms with van der Waals surface area (Å²) >= 11 is 0. The summed E-state index contributed by atoms with van der Waals surface area (Å²) in [5, 5.41) is 6.41. The predicted molar refractivity (Wildman–Crippen MR) is 127 cm³/mol. The summed E-state index contributed by atoms with van der Waals surface area (Å²) < 4.78 is 20.0. The Balaban J connectivity index is 4.06. The van der Waals surface area contributed by atoms with Crippen molar-refractivity contribution in [3.05, 3.63) is 0 Å². The van der Waals surface area contributed by atoms with Crippen molar-refractivity contribution in [3.8, 4) is 0 Å². The van der Waals surface area contributed by atoms with E-state index in [4.69, 9.17) is 18.9 Å².